The van der Waals surface area contributed by atoms with E-state index in [0.29, 0.717) is 34.2 Å². The molecule has 10 nitrogen and oxygen atoms in total. The van der Waals surface area contributed by atoms with Crippen LogP contribution >= 0.6 is 0 Å². The van der Waals surface area contributed by atoms with Gasteiger partial charge in [0.25, 0.3) is 5.91 Å². The van der Waals surface area contributed by atoms with E-state index in [4.69, 9.17) is 14.2 Å². The fraction of sp³-hybridized carbons (Fsp3) is 0.120. The zero-order valence-corrected chi connectivity index (χ0v) is 19.1. The SMILES string of the molecule is COc1cccc(NC(=O)COc2ccc(/C=N\NC(=O)C(=O)Nc3cccc(OC)c3)cc2)c1. The molecule has 0 aliphatic heterocycles. The second-order valence-electron chi connectivity index (χ2n) is 7.02. The van der Waals surface area contributed by atoms with E-state index in [9.17, 15) is 14.4 Å². The third-order valence-electron chi connectivity index (χ3n) is 4.52. The highest BCUT2D eigenvalue weighted by atomic mass is 16.5. The lowest BCUT2D eigenvalue weighted by molar-refractivity contribution is -0.136. The summed E-state index contributed by atoms with van der Waals surface area (Å²) in [6.07, 6.45) is 1.37. The summed E-state index contributed by atoms with van der Waals surface area (Å²) in [6, 6.07) is 20.3. The Balaban J connectivity index is 1.43. The molecule has 3 rings (SSSR count). The van der Waals surface area contributed by atoms with Gasteiger partial charge < -0.3 is 24.8 Å². The number of hydrazone groups is 1. The molecule has 3 aromatic rings. The number of rotatable bonds is 9. The van der Waals surface area contributed by atoms with Crippen molar-refractivity contribution in [2.45, 2.75) is 0 Å². The summed E-state index contributed by atoms with van der Waals surface area (Å²) in [4.78, 5) is 36.0. The molecule has 3 N–H and O–H groups in total. The lowest BCUT2D eigenvalue weighted by Crippen LogP contribution is -2.32. The Morgan fingerprint density at radius 3 is 1.97 bits per heavy atom. The first-order valence-corrected chi connectivity index (χ1v) is 10.4. The zero-order chi connectivity index (χ0) is 25.0. The monoisotopic (exact) mass is 476 g/mol. The Kier molecular flexibility index (Phi) is 8.78. The largest absolute Gasteiger partial charge is 0.497 e. The lowest BCUT2D eigenvalue weighted by atomic mass is 10.2. The number of nitrogens with zero attached hydrogens (tertiary/aromatic N) is 1. The van der Waals surface area contributed by atoms with Gasteiger partial charge in [-0.05, 0) is 54.1 Å². The first-order chi connectivity index (χ1) is 17.0. The van der Waals surface area contributed by atoms with Gasteiger partial charge in [0, 0.05) is 23.5 Å². The van der Waals surface area contributed by atoms with Gasteiger partial charge in [-0.15, -0.1) is 0 Å². The van der Waals surface area contributed by atoms with E-state index in [1.54, 1.807) is 79.9 Å². The molecule has 0 heterocycles. The molecule has 0 aliphatic carbocycles. The Bertz CT molecular complexity index is 1210. The van der Waals surface area contributed by atoms with Crippen molar-refractivity contribution in [3.8, 4) is 17.2 Å². The van der Waals surface area contributed by atoms with Crippen LogP contribution in [0.4, 0.5) is 11.4 Å². The molecular weight excluding hydrogens is 452 g/mol. The molecule has 0 saturated heterocycles. The first-order valence-electron chi connectivity index (χ1n) is 10.4. The third kappa shape index (κ3) is 7.90. The minimum atomic E-state index is -0.925. The topological polar surface area (TPSA) is 127 Å². The minimum Gasteiger partial charge on any atom is -0.497 e. The summed E-state index contributed by atoms with van der Waals surface area (Å²) in [5.74, 6) is -0.457. The van der Waals surface area contributed by atoms with Crippen molar-refractivity contribution in [2.24, 2.45) is 5.10 Å². The van der Waals surface area contributed by atoms with Crippen LogP contribution in [-0.2, 0) is 14.4 Å². The molecule has 180 valence electrons. The molecule has 0 unspecified atom stereocenters. The van der Waals surface area contributed by atoms with Gasteiger partial charge in [-0.3, -0.25) is 14.4 Å². The van der Waals surface area contributed by atoms with E-state index in [1.807, 2.05) is 0 Å². The number of nitrogens with one attached hydrogen (secondary N) is 3. The smallest absolute Gasteiger partial charge is 0.329 e. The highest BCUT2D eigenvalue weighted by Crippen LogP contribution is 2.17. The molecule has 10 heteroatoms. The highest BCUT2D eigenvalue weighted by Gasteiger charge is 2.13. The summed E-state index contributed by atoms with van der Waals surface area (Å²) < 4.78 is 15.7. The molecule has 0 spiro atoms. The van der Waals surface area contributed by atoms with Crippen LogP contribution in [0.25, 0.3) is 0 Å². The van der Waals surface area contributed by atoms with Crippen LogP contribution in [0.2, 0.25) is 0 Å². The second-order valence-corrected chi connectivity index (χ2v) is 7.02. The summed E-state index contributed by atoms with van der Waals surface area (Å²) in [5, 5.41) is 8.96. The standard InChI is InChI=1S/C25H24N4O6/c1-33-21-7-3-5-18(13-21)27-23(30)16-35-20-11-9-17(10-12-20)15-26-29-25(32)24(31)28-19-6-4-8-22(14-19)34-2/h3-15H,16H2,1-2H3,(H,27,30)(H,28,31)(H,29,32)/b26-15-. The first kappa shape index (κ1) is 24.8. The number of methoxy groups -OCH3 is 2. The Labute approximate surface area is 201 Å². The number of ether oxygens (including phenoxy) is 3. The van der Waals surface area contributed by atoms with Crippen LogP contribution in [-0.4, -0.2) is 44.8 Å². The van der Waals surface area contributed by atoms with Gasteiger partial charge in [0.05, 0.1) is 20.4 Å². The molecule has 0 aromatic heterocycles. The predicted molar refractivity (Wildman–Crippen MR) is 131 cm³/mol. The second kappa shape index (κ2) is 12.4. The van der Waals surface area contributed by atoms with Gasteiger partial charge in [0.2, 0.25) is 0 Å². The van der Waals surface area contributed by atoms with Crippen molar-refractivity contribution in [3.05, 3.63) is 78.4 Å². The summed E-state index contributed by atoms with van der Waals surface area (Å²) in [7, 11) is 3.05. The highest BCUT2D eigenvalue weighted by molar-refractivity contribution is 6.39. The van der Waals surface area contributed by atoms with Gasteiger partial charge >= 0.3 is 11.8 Å². The number of amides is 3. The van der Waals surface area contributed by atoms with Crippen molar-refractivity contribution in [3.63, 3.8) is 0 Å². The van der Waals surface area contributed by atoms with Gasteiger partial charge in [-0.25, -0.2) is 5.43 Å². The van der Waals surface area contributed by atoms with Crippen LogP contribution in [0.3, 0.4) is 0 Å². The molecule has 0 radical (unpaired) electrons. The van der Waals surface area contributed by atoms with Gasteiger partial charge in [-0.1, -0.05) is 12.1 Å². The maximum Gasteiger partial charge on any atom is 0.329 e. The van der Waals surface area contributed by atoms with Crippen LogP contribution in [0.5, 0.6) is 17.2 Å². The van der Waals surface area contributed by atoms with Crippen molar-refractivity contribution in [1.29, 1.82) is 0 Å². The lowest BCUT2D eigenvalue weighted by Gasteiger charge is -2.08. The van der Waals surface area contributed by atoms with Crippen LogP contribution in [0.1, 0.15) is 5.56 Å². The van der Waals surface area contributed by atoms with E-state index >= 15 is 0 Å². The quantitative estimate of drug-likeness (QED) is 0.248. The predicted octanol–water partition coefficient (Wildman–Crippen LogP) is 2.81. The summed E-state index contributed by atoms with van der Waals surface area (Å²) >= 11 is 0. The molecule has 0 aliphatic rings. The normalized spacial score (nSPS) is 10.3. The average molecular weight is 476 g/mol. The van der Waals surface area contributed by atoms with Gasteiger partial charge in [-0.2, -0.15) is 5.10 Å². The molecule has 3 aromatic carbocycles. The van der Waals surface area contributed by atoms with Crippen LogP contribution in [0.15, 0.2) is 77.9 Å². The number of carbonyl (C=O) groups is 3. The van der Waals surface area contributed by atoms with E-state index in [-0.39, 0.29) is 12.5 Å². The van der Waals surface area contributed by atoms with E-state index < -0.39 is 11.8 Å². The van der Waals surface area contributed by atoms with E-state index in [1.165, 1.54) is 13.3 Å². The Hall–Kier alpha value is -4.86. The van der Waals surface area contributed by atoms with Gasteiger partial charge in [0.15, 0.2) is 6.61 Å². The number of anilines is 2. The number of hydrogen-bond acceptors (Lipinski definition) is 7. The fourth-order valence-electron chi connectivity index (χ4n) is 2.80. The molecule has 0 saturated carbocycles. The summed E-state index contributed by atoms with van der Waals surface area (Å²) in [5.41, 5.74) is 3.82. The van der Waals surface area contributed by atoms with E-state index in [2.05, 4.69) is 21.2 Å². The zero-order valence-electron chi connectivity index (χ0n) is 19.1. The molecule has 3 amide bonds. The maximum atomic E-state index is 12.1. The number of benzene rings is 3. The van der Waals surface area contributed by atoms with Crippen LogP contribution in [0, 0.1) is 0 Å². The maximum absolute atomic E-state index is 12.1. The Morgan fingerprint density at radius 2 is 1.37 bits per heavy atom. The number of hydrogen-bond donors (Lipinski definition) is 3. The van der Waals surface area contributed by atoms with Crippen LogP contribution < -0.4 is 30.3 Å². The van der Waals surface area contributed by atoms with Crippen molar-refractivity contribution in [2.75, 3.05) is 31.5 Å². The molecular formula is C25H24N4O6. The van der Waals surface area contributed by atoms with E-state index in [0.717, 1.165) is 0 Å². The van der Waals surface area contributed by atoms with Crippen molar-refractivity contribution in [1.82, 2.24) is 5.43 Å². The minimum absolute atomic E-state index is 0.177. The Morgan fingerprint density at radius 1 is 0.771 bits per heavy atom. The van der Waals surface area contributed by atoms with Crippen molar-refractivity contribution >= 4 is 35.3 Å². The molecule has 0 bridgehead atoms. The molecule has 0 fully saturated rings. The molecule has 0 atom stereocenters. The number of carbonyl (C=O) groups excluding carboxylic acids is 3. The third-order valence-corrected chi connectivity index (χ3v) is 4.52. The van der Waals surface area contributed by atoms with Gasteiger partial charge in [0.1, 0.15) is 17.2 Å². The fourth-order valence-corrected chi connectivity index (χ4v) is 2.80. The molecule has 35 heavy (non-hydrogen) atoms. The average Bonchev–Trinajstić information content (AvgIpc) is 2.88. The van der Waals surface area contributed by atoms with Crippen molar-refractivity contribution < 1.29 is 28.6 Å². The summed E-state index contributed by atoms with van der Waals surface area (Å²) in [6.45, 7) is -0.177.